The topological polar surface area (TPSA) is 67.9 Å². The van der Waals surface area contributed by atoms with Crippen molar-refractivity contribution in [3.8, 4) is 11.5 Å². The molecule has 0 aliphatic carbocycles. The number of carbonyl (C=O) groups excluding carboxylic acids is 2. The molecule has 1 N–H and O–H groups in total. The fourth-order valence-corrected chi connectivity index (χ4v) is 3.01. The van der Waals surface area contributed by atoms with Crippen LogP contribution < -0.4 is 19.7 Å². The summed E-state index contributed by atoms with van der Waals surface area (Å²) in [5.41, 5.74) is 2.87. The van der Waals surface area contributed by atoms with Crippen molar-refractivity contribution in [1.29, 1.82) is 0 Å². The second kappa shape index (κ2) is 8.58. The van der Waals surface area contributed by atoms with Gasteiger partial charge >= 0.3 is 0 Å². The van der Waals surface area contributed by atoms with Crippen LogP contribution in [0.3, 0.4) is 0 Å². The van der Waals surface area contributed by atoms with Gasteiger partial charge in [0.15, 0.2) is 0 Å². The fourth-order valence-electron chi connectivity index (χ4n) is 3.01. The maximum absolute atomic E-state index is 12.3. The molecule has 1 aliphatic rings. The van der Waals surface area contributed by atoms with Crippen LogP contribution in [-0.4, -0.2) is 38.1 Å². The summed E-state index contributed by atoms with van der Waals surface area (Å²) in [5.74, 6) is 1.07. The second-order valence-corrected chi connectivity index (χ2v) is 6.51. The number of ether oxygens (including phenoxy) is 2. The van der Waals surface area contributed by atoms with Crippen LogP contribution in [-0.2, 0) is 9.59 Å². The smallest absolute Gasteiger partial charge is 0.240 e. The zero-order valence-corrected chi connectivity index (χ0v) is 15.7. The number of amides is 2. The van der Waals surface area contributed by atoms with E-state index in [1.165, 1.54) is 10.5 Å². The molecule has 0 fully saturated rings. The summed E-state index contributed by atoms with van der Waals surface area (Å²) in [4.78, 5) is 26.1. The molecule has 0 aromatic heterocycles. The quantitative estimate of drug-likeness (QED) is 0.796. The van der Waals surface area contributed by atoms with E-state index in [2.05, 4.69) is 11.4 Å². The Bertz CT molecular complexity index is 835. The van der Waals surface area contributed by atoms with Crippen LogP contribution in [0.15, 0.2) is 42.5 Å². The number of hydrogen-bond donors (Lipinski definition) is 1. The number of benzene rings is 2. The van der Waals surface area contributed by atoms with Crippen molar-refractivity contribution in [3.05, 3.63) is 53.6 Å². The van der Waals surface area contributed by atoms with E-state index in [-0.39, 0.29) is 24.8 Å². The summed E-state index contributed by atoms with van der Waals surface area (Å²) >= 11 is 0. The predicted molar refractivity (Wildman–Crippen MR) is 103 cm³/mol. The van der Waals surface area contributed by atoms with Gasteiger partial charge in [0.1, 0.15) is 24.7 Å². The minimum atomic E-state index is -0.232. The van der Waals surface area contributed by atoms with Gasteiger partial charge in [-0.05, 0) is 37.6 Å². The molecule has 27 heavy (non-hydrogen) atoms. The average molecular weight is 368 g/mol. The Kier molecular flexibility index (Phi) is 5.96. The van der Waals surface area contributed by atoms with Crippen LogP contribution >= 0.6 is 0 Å². The van der Waals surface area contributed by atoms with E-state index >= 15 is 0 Å². The molecule has 2 aromatic carbocycles. The summed E-state index contributed by atoms with van der Waals surface area (Å²) < 4.78 is 11.3. The normalized spacial score (nSPS) is 13.4. The molecular weight excluding hydrogens is 344 g/mol. The van der Waals surface area contributed by atoms with Gasteiger partial charge in [0.2, 0.25) is 11.8 Å². The van der Waals surface area contributed by atoms with E-state index in [1.807, 2.05) is 38.1 Å². The molecule has 6 heteroatoms. The molecule has 6 nitrogen and oxygen atoms in total. The van der Waals surface area contributed by atoms with Gasteiger partial charge in [0.05, 0.1) is 25.3 Å². The largest absolute Gasteiger partial charge is 0.491 e. The van der Waals surface area contributed by atoms with E-state index in [9.17, 15) is 9.59 Å². The molecule has 1 heterocycles. The van der Waals surface area contributed by atoms with Crippen molar-refractivity contribution in [2.45, 2.75) is 20.3 Å². The summed E-state index contributed by atoms with van der Waals surface area (Å²) in [7, 11) is 0. The molecule has 0 spiro atoms. The highest BCUT2D eigenvalue weighted by atomic mass is 16.5. The molecular formula is C21H24N2O4. The zero-order chi connectivity index (χ0) is 19.2. The van der Waals surface area contributed by atoms with Crippen LogP contribution in [0.25, 0.3) is 0 Å². The van der Waals surface area contributed by atoms with Gasteiger partial charge in [-0.25, -0.2) is 0 Å². The van der Waals surface area contributed by atoms with Gasteiger partial charge in [0, 0.05) is 0 Å². The Morgan fingerprint density at radius 3 is 2.85 bits per heavy atom. The van der Waals surface area contributed by atoms with Crippen molar-refractivity contribution in [2.75, 3.05) is 31.2 Å². The van der Waals surface area contributed by atoms with E-state index < -0.39 is 0 Å². The number of para-hydroxylation sites is 2. The highest BCUT2D eigenvalue weighted by molar-refractivity contribution is 6.00. The van der Waals surface area contributed by atoms with E-state index in [1.54, 1.807) is 12.1 Å². The SMILES string of the molecule is Cc1ccc(OCCNC(=O)CN2C(=O)CCOc3ccccc32)c(C)c1. The van der Waals surface area contributed by atoms with E-state index in [0.717, 1.165) is 11.3 Å². The zero-order valence-electron chi connectivity index (χ0n) is 15.7. The summed E-state index contributed by atoms with van der Waals surface area (Å²) in [6.07, 6.45) is 0.248. The van der Waals surface area contributed by atoms with Crippen molar-refractivity contribution < 1.29 is 19.1 Å². The predicted octanol–water partition coefficient (Wildman–Crippen LogP) is 2.61. The Balaban J connectivity index is 1.52. The number of aryl methyl sites for hydroxylation is 2. The molecule has 1 aliphatic heterocycles. The standard InChI is InChI=1S/C21H24N2O4/c1-15-7-8-18(16(2)13-15)27-12-10-22-20(24)14-23-17-5-3-4-6-19(17)26-11-9-21(23)25/h3-8,13H,9-12,14H2,1-2H3,(H,22,24). The molecule has 0 saturated carbocycles. The lowest BCUT2D eigenvalue weighted by Crippen LogP contribution is -2.41. The molecule has 0 unspecified atom stereocenters. The summed E-state index contributed by atoms with van der Waals surface area (Å²) in [5, 5.41) is 2.80. The minimum Gasteiger partial charge on any atom is -0.491 e. The monoisotopic (exact) mass is 368 g/mol. The number of rotatable bonds is 6. The molecule has 0 bridgehead atoms. The van der Waals surface area contributed by atoms with E-state index in [0.29, 0.717) is 31.2 Å². The Hall–Kier alpha value is -3.02. The van der Waals surface area contributed by atoms with Gasteiger partial charge in [-0.1, -0.05) is 29.8 Å². The third kappa shape index (κ3) is 4.78. The lowest BCUT2D eigenvalue weighted by molar-refractivity contribution is -0.124. The highest BCUT2D eigenvalue weighted by Crippen LogP contribution is 2.30. The Labute approximate surface area is 159 Å². The van der Waals surface area contributed by atoms with Crippen LogP contribution in [0.4, 0.5) is 5.69 Å². The van der Waals surface area contributed by atoms with Crippen LogP contribution in [0.1, 0.15) is 17.5 Å². The Morgan fingerprint density at radius 1 is 1.22 bits per heavy atom. The first-order chi connectivity index (χ1) is 13.0. The maximum Gasteiger partial charge on any atom is 0.240 e. The number of fused-ring (bicyclic) bond motifs is 1. The molecule has 2 aromatic rings. The van der Waals surface area contributed by atoms with Crippen LogP contribution in [0.5, 0.6) is 11.5 Å². The number of anilines is 1. The second-order valence-electron chi connectivity index (χ2n) is 6.51. The maximum atomic E-state index is 12.3. The first kappa shape index (κ1) is 18.8. The Morgan fingerprint density at radius 2 is 2.04 bits per heavy atom. The van der Waals surface area contributed by atoms with Gasteiger partial charge in [0.25, 0.3) is 0 Å². The molecule has 0 saturated heterocycles. The molecule has 2 amide bonds. The van der Waals surface area contributed by atoms with E-state index in [4.69, 9.17) is 9.47 Å². The average Bonchev–Trinajstić information content (AvgIpc) is 2.79. The first-order valence-corrected chi connectivity index (χ1v) is 9.03. The van der Waals surface area contributed by atoms with Crippen molar-refractivity contribution in [2.24, 2.45) is 0 Å². The number of nitrogens with zero attached hydrogens (tertiary/aromatic N) is 1. The third-order valence-corrected chi connectivity index (χ3v) is 4.34. The molecule has 3 rings (SSSR count). The van der Waals surface area contributed by atoms with Crippen LogP contribution in [0, 0.1) is 13.8 Å². The molecule has 142 valence electrons. The van der Waals surface area contributed by atoms with Crippen LogP contribution in [0.2, 0.25) is 0 Å². The van der Waals surface area contributed by atoms with Crippen molar-refractivity contribution in [3.63, 3.8) is 0 Å². The minimum absolute atomic E-state index is 0.0389. The third-order valence-electron chi connectivity index (χ3n) is 4.34. The van der Waals surface area contributed by atoms with Crippen molar-refractivity contribution in [1.82, 2.24) is 5.32 Å². The summed E-state index contributed by atoms with van der Waals surface area (Å²) in [6.45, 7) is 5.03. The highest BCUT2D eigenvalue weighted by Gasteiger charge is 2.24. The number of carbonyl (C=O) groups is 2. The molecule has 0 radical (unpaired) electrons. The number of hydrogen-bond acceptors (Lipinski definition) is 4. The number of nitrogens with one attached hydrogen (secondary N) is 1. The summed E-state index contributed by atoms with van der Waals surface area (Å²) in [6, 6.07) is 13.2. The van der Waals surface area contributed by atoms with Gasteiger partial charge in [-0.2, -0.15) is 0 Å². The van der Waals surface area contributed by atoms with Gasteiger partial charge in [-0.15, -0.1) is 0 Å². The lowest BCUT2D eigenvalue weighted by atomic mass is 10.1. The van der Waals surface area contributed by atoms with Crippen molar-refractivity contribution >= 4 is 17.5 Å². The van der Waals surface area contributed by atoms with Gasteiger partial charge in [-0.3, -0.25) is 14.5 Å². The first-order valence-electron chi connectivity index (χ1n) is 9.03. The lowest BCUT2D eigenvalue weighted by Gasteiger charge is -2.21. The fraction of sp³-hybridized carbons (Fsp3) is 0.333. The van der Waals surface area contributed by atoms with Gasteiger partial charge < -0.3 is 14.8 Å². The molecule has 0 atom stereocenters.